The molecule has 0 spiro atoms. The molecule has 0 aliphatic carbocycles. The molecule has 1 aromatic heterocycles. The molecule has 2 rings (SSSR count). The Morgan fingerprint density at radius 3 is 2.77 bits per heavy atom. The molecule has 1 aromatic rings. The maximum absolute atomic E-state index is 12.7. The summed E-state index contributed by atoms with van der Waals surface area (Å²) in [5.41, 5.74) is 6.14. The zero-order chi connectivity index (χ0) is 15.6. The van der Waals surface area contributed by atoms with Gasteiger partial charge in [0, 0.05) is 13.3 Å². The average molecular weight is 341 g/mol. The third-order valence-electron chi connectivity index (χ3n) is 3.22. The highest BCUT2D eigenvalue weighted by atomic mass is 35.5. The van der Waals surface area contributed by atoms with E-state index in [1.807, 2.05) is 5.32 Å². The highest BCUT2D eigenvalue weighted by Gasteiger charge is 2.48. The lowest BCUT2D eigenvalue weighted by molar-refractivity contribution is -0.150. The van der Waals surface area contributed by atoms with Gasteiger partial charge in [0.15, 0.2) is 0 Å². The van der Waals surface area contributed by atoms with Crippen LogP contribution in [0.4, 0.5) is 23.8 Å². The molecule has 0 radical (unpaired) electrons. The molecule has 1 fully saturated rings. The largest absolute Gasteiger partial charge is 0.410 e. The molecule has 0 bridgehead atoms. The van der Waals surface area contributed by atoms with Crippen LogP contribution >= 0.6 is 12.4 Å². The Kier molecular flexibility index (Phi) is 5.84. The molecule has 124 valence electrons. The molecule has 0 saturated carbocycles. The van der Waals surface area contributed by atoms with E-state index < -0.39 is 30.8 Å². The van der Waals surface area contributed by atoms with Crippen molar-refractivity contribution in [1.29, 1.82) is 0 Å². The van der Waals surface area contributed by atoms with Gasteiger partial charge in [-0.15, -0.1) is 12.4 Å². The number of nitrogens with two attached hydrogens (primary N) is 1. The highest BCUT2D eigenvalue weighted by Crippen LogP contribution is 2.30. The van der Waals surface area contributed by atoms with Crippen LogP contribution < -0.4 is 11.1 Å². The summed E-state index contributed by atoms with van der Waals surface area (Å²) in [4.78, 5) is 16.7. The van der Waals surface area contributed by atoms with Crippen molar-refractivity contribution in [3.8, 4) is 0 Å². The van der Waals surface area contributed by atoms with Gasteiger partial charge in [-0.3, -0.25) is 0 Å². The Morgan fingerprint density at radius 1 is 1.59 bits per heavy atom. The van der Waals surface area contributed by atoms with Gasteiger partial charge in [-0.25, -0.2) is 9.78 Å². The van der Waals surface area contributed by atoms with E-state index in [9.17, 15) is 18.0 Å². The first-order chi connectivity index (χ1) is 9.82. The van der Waals surface area contributed by atoms with Crippen LogP contribution in [0.1, 0.15) is 11.6 Å². The maximum atomic E-state index is 12.7. The number of alkyl halides is 3. The van der Waals surface area contributed by atoms with Gasteiger partial charge in [0.25, 0.3) is 0 Å². The number of rotatable bonds is 4. The molecule has 2 heterocycles. The number of carbonyl (C=O) groups excluding carboxylic acids is 1. The fourth-order valence-electron chi connectivity index (χ4n) is 2.21. The Balaban J connectivity index is 0.00000242. The fourth-order valence-corrected chi connectivity index (χ4v) is 2.21. The molecule has 10 heteroatoms. The minimum Gasteiger partial charge on any atom is -0.384 e. The minimum absolute atomic E-state index is 0. The van der Waals surface area contributed by atoms with E-state index in [0.29, 0.717) is 5.56 Å². The summed E-state index contributed by atoms with van der Waals surface area (Å²) in [6.45, 7) is -0.417. The number of halogens is 4. The third-order valence-corrected chi connectivity index (χ3v) is 3.22. The first-order valence-electron chi connectivity index (χ1n) is 6.17. The van der Waals surface area contributed by atoms with Gasteiger partial charge in [0.1, 0.15) is 11.9 Å². The van der Waals surface area contributed by atoms with Gasteiger partial charge in [0.2, 0.25) is 0 Å². The zero-order valence-corrected chi connectivity index (χ0v) is 12.4. The topological polar surface area (TPSA) is 80.5 Å². The van der Waals surface area contributed by atoms with E-state index in [-0.39, 0.29) is 24.8 Å². The van der Waals surface area contributed by atoms with Crippen molar-refractivity contribution in [2.45, 2.75) is 18.3 Å². The standard InChI is InChI=1S/C12H15F3N4O2.ClH/c1-21-6-8(7-2-3-17-10(16)4-7)19-5-9(12(13,14)15)18-11(19)20;/h2-4,8-9H,5-6H2,1H3,(H2,16,17)(H,18,20);1H/t8-,9-;/m0./s1. The van der Waals surface area contributed by atoms with Crippen LogP contribution in [0.15, 0.2) is 18.3 Å². The first-order valence-corrected chi connectivity index (χ1v) is 6.17. The maximum Gasteiger partial charge on any atom is 0.410 e. The normalized spacial score (nSPS) is 19.5. The molecule has 1 saturated heterocycles. The summed E-state index contributed by atoms with van der Waals surface area (Å²) < 4.78 is 43.2. The van der Waals surface area contributed by atoms with E-state index in [1.165, 1.54) is 19.4 Å². The predicted octanol–water partition coefficient (Wildman–Crippen LogP) is 1.73. The lowest BCUT2D eigenvalue weighted by Crippen LogP contribution is -2.40. The Labute approximate surface area is 131 Å². The molecule has 0 aromatic carbocycles. The lowest BCUT2D eigenvalue weighted by Gasteiger charge is -2.27. The molecule has 2 amide bonds. The summed E-state index contributed by atoms with van der Waals surface area (Å²) in [5, 5.41) is 1.93. The minimum atomic E-state index is -4.49. The van der Waals surface area contributed by atoms with E-state index in [1.54, 1.807) is 6.07 Å². The summed E-state index contributed by atoms with van der Waals surface area (Å²) in [6.07, 6.45) is -3.05. The number of amides is 2. The number of nitrogens with one attached hydrogen (secondary N) is 1. The van der Waals surface area contributed by atoms with Gasteiger partial charge in [-0.05, 0) is 17.7 Å². The van der Waals surface area contributed by atoms with Crippen molar-refractivity contribution in [3.05, 3.63) is 23.9 Å². The Hall–Kier alpha value is -1.74. The molecule has 0 unspecified atom stereocenters. The number of nitrogen functional groups attached to an aromatic ring is 1. The van der Waals surface area contributed by atoms with Gasteiger partial charge in [-0.2, -0.15) is 13.2 Å². The average Bonchev–Trinajstić information content (AvgIpc) is 2.78. The van der Waals surface area contributed by atoms with Gasteiger partial charge in [0.05, 0.1) is 19.2 Å². The van der Waals surface area contributed by atoms with Gasteiger partial charge in [-0.1, -0.05) is 0 Å². The molecule has 6 nitrogen and oxygen atoms in total. The zero-order valence-electron chi connectivity index (χ0n) is 11.6. The van der Waals surface area contributed by atoms with Gasteiger partial charge < -0.3 is 20.7 Å². The number of methoxy groups -OCH3 is 1. The number of nitrogens with zero attached hydrogens (tertiary/aromatic N) is 2. The number of hydrogen-bond acceptors (Lipinski definition) is 4. The van der Waals surface area contributed by atoms with Crippen molar-refractivity contribution in [2.24, 2.45) is 0 Å². The van der Waals surface area contributed by atoms with Crippen LogP contribution in [-0.2, 0) is 4.74 Å². The number of aromatic nitrogens is 1. The highest BCUT2D eigenvalue weighted by molar-refractivity contribution is 5.85. The summed E-state index contributed by atoms with van der Waals surface area (Å²) in [6, 6.07) is -0.225. The van der Waals surface area contributed by atoms with Crippen LogP contribution in [0, 0.1) is 0 Å². The quantitative estimate of drug-likeness (QED) is 0.874. The van der Waals surface area contributed by atoms with Crippen molar-refractivity contribution >= 4 is 24.3 Å². The number of urea groups is 1. The number of ether oxygens (including phenoxy) is 1. The second-order valence-corrected chi connectivity index (χ2v) is 4.68. The summed E-state index contributed by atoms with van der Waals surface area (Å²) in [7, 11) is 1.41. The Bertz CT molecular complexity index is 529. The van der Waals surface area contributed by atoms with E-state index in [0.717, 1.165) is 4.90 Å². The van der Waals surface area contributed by atoms with Gasteiger partial charge >= 0.3 is 12.2 Å². The summed E-state index contributed by atoms with van der Waals surface area (Å²) in [5.74, 6) is 0.223. The molecule has 1 aliphatic rings. The fraction of sp³-hybridized carbons (Fsp3) is 0.500. The van der Waals surface area contributed by atoms with Crippen LogP contribution in [0.3, 0.4) is 0 Å². The van der Waals surface area contributed by atoms with Crippen LogP contribution in [-0.4, -0.2) is 48.4 Å². The van der Waals surface area contributed by atoms with E-state index in [4.69, 9.17) is 10.5 Å². The smallest absolute Gasteiger partial charge is 0.384 e. The lowest BCUT2D eigenvalue weighted by atomic mass is 10.1. The van der Waals surface area contributed by atoms with Crippen LogP contribution in [0.5, 0.6) is 0 Å². The SMILES string of the molecule is COC[C@@H](c1ccnc(N)c1)N1C[C@@H](C(F)(F)F)NC1=O.Cl. The molecular formula is C12H16ClF3N4O2. The number of hydrogen-bond donors (Lipinski definition) is 2. The monoisotopic (exact) mass is 340 g/mol. The number of anilines is 1. The van der Waals surface area contributed by atoms with Crippen LogP contribution in [0.25, 0.3) is 0 Å². The third kappa shape index (κ3) is 3.92. The molecule has 2 atom stereocenters. The van der Waals surface area contributed by atoms with Crippen molar-refractivity contribution in [2.75, 3.05) is 26.0 Å². The van der Waals surface area contributed by atoms with E-state index in [2.05, 4.69) is 4.98 Å². The predicted molar refractivity (Wildman–Crippen MR) is 75.6 cm³/mol. The Morgan fingerprint density at radius 2 is 2.27 bits per heavy atom. The second-order valence-electron chi connectivity index (χ2n) is 4.68. The van der Waals surface area contributed by atoms with E-state index >= 15 is 0 Å². The molecular weight excluding hydrogens is 325 g/mol. The first kappa shape index (κ1) is 18.3. The van der Waals surface area contributed by atoms with Crippen molar-refractivity contribution < 1.29 is 22.7 Å². The molecule has 3 N–H and O–H groups in total. The van der Waals surface area contributed by atoms with Crippen LogP contribution in [0.2, 0.25) is 0 Å². The number of pyridine rings is 1. The van der Waals surface area contributed by atoms with Crippen molar-refractivity contribution in [3.63, 3.8) is 0 Å². The molecule has 22 heavy (non-hydrogen) atoms. The molecule has 1 aliphatic heterocycles. The second kappa shape index (κ2) is 7.01. The summed E-state index contributed by atoms with van der Waals surface area (Å²) >= 11 is 0. The van der Waals surface area contributed by atoms with Crippen molar-refractivity contribution in [1.82, 2.24) is 15.2 Å². The number of carbonyl (C=O) groups is 1.